The maximum atomic E-state index is 13.1. The third-order valence-corrected chi connectivity index (χ3v) is 6.03. The lowest BCUT2D eigenvalue weighted by atomic mass is 9.87. The van der Waals surface area contributed by atoms with Crippen molar-refractivity contribution in [2.75, 3.05) is 32.2 Å². The van der Waals surface area contributed by atoms with E-state index in [0.717, 1.165) is 35.5 Å². The first-order chi connectivity index (χ1) is 16.1. The van der Waals surface area contributed by atoms with Gasteiger partial charge in [0.1, 0.15) is 6.73 Å². The molecule has 1 aromatic heterocycles. The van der Waals surface area contributed by atoms with Crippen molar-refractivity contribution >= 4 is 34.6 Å². The number of nitrogens with zero attached hydrogens (tertiary/aromatic N) is 3. The molecule has 3 aromatic rings. The average molecular weight is 463 g/mol. The standard InChI is InChI=1S/C26H27ClN4O2/c1-33-18-29-25(19-2-6-22(27)7-3-19)20-12-16-31(17-13-20)26(32)21-4-8-23(9-5-21)30-24-10-14-28-15-11-24/h2-11,14-15,20H,12-13,16-18H2,1H3,(H,28,30). The van der Waals surface area contributed by atoms with Crippen LogP contribution < -0.4 is 5.32 Å². The zero-order valence-electron chi connectivity index (χ0n) is 18.6. The van der Waals surface area contributed by atoms with E-state index in [2.05, 4.69) is 15.3 Å². The second kappa shape index (κ2) is 11.1. The largest absolute Gasteiger partial charge is 0.363 e. The molecule has 1 saturated heterocycles. The number of carbonyl (C=O) groups is 1. The molecule has 0 spiro atoms. The molecule has 1 N–H and O–H groups in total. The number of pyridine rings is 1. The van der Waals surface area contributed by atoms with Gasteiger partial charge in [-0.15, -0.1) is 0 Å². The van der Waals surface area contributed by atoms with Crippen molar-refractivity contribution in [1.29, 1.82) is 0 Å². The van der Waals surface area contributed by atoms with E-state index >= 15 is 0 Å². The number of piperidine rings is 1. The van der Waals surface area contributed by atoms with Gasteiger partial charge in [-0.25, -0.2) is 0 Å². The van der Waals surface area contributed by atoms with Gasteiger partial charge in [0.2, 0.25) is 0 Å². The van der Waals surface area contributed by atoms with E-state index < -0.39 is 0 Å². The highest BCUT2D eigenvalue weighted by molar-refractivity contribution is 6.30. The van der Waals surface area contributed by atoms with Crippen molar-refractivity contribution in [1.82, 2.24) is 9.88 Å². The van der Waals surface area contributed by atoms with Gasteiger partial charge in [-0.1, -0.05) is 23.7 Å². The monoisotopic (exact) mass is 462 g/mol. The number of halogens is 1. The minimum Gasteiger partial charge on any atom is -0.363 e. The topological polar surface area (TPSA) is 66.8 Å². The number of amides is 1. The fourth-order valence-corrected chi connectivity index (χ4v) is 4.17. The number of aromatic nitrogens is 1. The van der Waals surface area contributed by atoms with Gasteiger partial charge in [-0.05, 0) is 66.9 Å². The molecule has 170 valence electrons. The molecule has 33 heavy (non-hydrogen) atoms. The molecular formula is C26H27ClN4O2. The van der Waals surface area contributed by atoms with Crippen LogP contribution in [0.25, 0.3) is 0 Å². The smallest absolute Gasteiger partial charge is 0.253 e. The number of ether oxygens (including phenoxy) is 1. The lowest BCUT2D eigenvalue weighted by Crippen LogP contribution is -2.40. The van der Waals surface area contributed by atoms with Crippen LogP contribution >= 0.6 is 11.6 Å². The van der Waals surface area contributed by atoms with E-state index in [1.54, 1.807) is 19.5 Å². The molecule has 0 aliphatic carbocycles. The minimum absolute atomic E-state index is 0.0609. The van der Waals surface area contributed by atoms with Crippen LogP contribution in [0, 0.1) is 5.92 Å². The summed E-state index contributed by atoms with van der Waals surface area (Å²) in [4.78, 5) is 23.7. The Labute approximate surface area is 199 Å². The van der Waals surface area contributed by atoms with Crippen LogP contribution in [0.3, 0.4) is 0 Å². The SMILES string of the molecule is COCN=C(c1ccc(Cl)cc1)C1CCN(C(=O)c2ccc(Nc3ccncc3)cc2)CC1. The van der Waals surface area contributed by atoms with Gasteiger partial charge >= 0.3 is 0 Å². The number of hydrogen-bond acceptors (Lipinski definition) is 5. The highest BCUT2D eigenvalue weighted by Crippen LogP contribution is 2.25. The summed E-state index contributed by atoms with van der Waals surface area (Å²) in [5, 5.41) is 4.01. The Morgan fingerprint density at radius 2 is 1.61 bits per heavy atom. The van der Waals surface area contributed by atoms with Crippen LogP contribution in [-0.2, 0) is 4.74 Å². The van der Waals surface area contributed by atoms with Crippen molar-refractivity contribution in [3.63, 3.8) is 0 Å². The number of anilines is 2. The van der Waals surface area contributed by atoms with Gasteiger partial charge in [-0.2, -0.15) is 0 Å². The number of benzene rings is 2. The molecule has 0 bridgehead atoms. The molecule has 0 atom stereocenters. The number of carbonyl (C=O) groups excluding carboxylic acids is 1. The maximum Gasteiger partial charge on any atom is 0.253 e. The van der Waals surface area contributed by atoms with Gasteiger partial charge in [0.15, 0.2) is 0 Å². The summed E-state index contributed by atoms with van der Waals surface area (Å²) in [6, 6.07) is 19.2. The summed E-state index contributed by atoms with van der Waals surface area (Å²) in [6.07, 6.45) is 5.20. The Balaban J connectivity index is 1.38. The predicted octanol–water partition coefficient (Wildman–Crippen LogP) is 5.42. The Kier molecular flexibility index (Phi) is 7.70. The third-order valence-electron chi connectivity index (χ3n) is 5.77. The van der Waals surface area contributed by atoms with E-state index in [-0.39, 0.29) is 11.8 Å². The summed E-state index contributed by atoms with van der Waals surface area (Å²) >= 11 is 6.05. The van der Waals surface area contributed by atoms with Crippen molar-refractivity contribution in [2.45, 2.75) is 12.8 Å². The molecular weight excluding hydrogens is 436 g/mol. The summed E-state index contributed by atoms with van der Waals surface area (Å²) < 4.78 is 5.19. The van der Waals surface area contributed by atoms with Crippen LogP contribution in [0.5, 0.6) is 0 Å². The van der Waals surface area contributed by atoms with Gasteiger partial charge in [0, 0.05) is 66.2 Å². The van der Waals surface area contributed by atoms with Crippen LogP contribution in [0.2, 0.25) is 5.02 Å². The van der Waals surface area contributed by atoms with Crippen molar-refractivity contribution in [3.05, 3.63) is 89.2 Å². The number of hydrogen-bond donors (Lipinski definition) is 1. The van der Waals surface area contributed by atoms with E-state index in [1.165, 1.54) is 0 Å². The Hall–Kier alpha value is -3.22. The number of aliphatic imine (C=N–C) groups is 1. The van der Waals surface area contributed by atoms with E-state index in [0.29, 0.717) is 30.4 Å². The van der Waals surface area contributed by atoms with Crippen LogP contribution in [0.15, 0.2) is 78.0 Å². The molecule has 0 saturated carbocycles. The van der Waals surface area contributed by atoms with Gasteiger partial charge in [0.25, 0.3) is 5.91 Å². The van der Waals surface area contributed by atoms with Crippen molar-refractivity contribution in [2.24, 2.45) is 10.9 Å². The van der Waals surface area contributed by atoms with E-state index in [4.69, 9.17) is 16.3 Å². The number of rotatable bonds is 7. The normalized spacial score (nSPS) is 14.8. The quantitative estimate of drug-likeness (QED) is 0.476. The summed E-state index contributed by atoms with van der Waals surface area (Å²) in [5.74, 6) is 0.336. The lowest BCUT2D eigenvalue weighted by molar-refractivity contribution is 0.0710. The van der Waals surface area contributed by atoms with Crippen LogP contribution in [0.1, 0.15) is 28.8 Å². The molecule has 6 nitrogen and oxygen atoms in total. The van der Waals surface area contributed by atoms with E-state index in [9.17, 15) is 4.79 Å². The summed E-state index contributed by atoms with van der Waals surface area (Å²) in [5.41, 5.74) is 4.65. The first-order valence-electron chi connectivity index (χ1n) is 11.0. The zero-order chi connectivity index (χ0) is 23.0. The average Bonchev–Trinajstić information content (AvgIpc) is 2.86. The first-order valence-corrected chi connectivity index (χ1v) is 11.4. The fraction of sp³-hybridized carbons (Fsp3) is 0.269. The molecule has 1 aliphatic rings. The van der Waals surface area contributed by atoms with Crippen LogP contribution in [0.4, 0.5) is 11.4 Å². The highest BCUT2D eigenvalue weighted by Gasteiger charge is 2.27. The number of nitrogens with one attached hydrogen (secondary N) is 1. The third kappa shape index (κ3) is 5.97. The zero-order valence-corrected chi connectivity index (χ0v) is 19.3. The Bertz CT molecular complexity index is 1080. The summed E-state index contributed by atoms with van der Waals surface area (Å²) in [6.45, 7) is 1.71. The number of methoxy groups -OCH3 is 1. The molecule has 2 heterocycles. The first kappa shape index (κ1) is 23.0. The second-order valence-electron chi connectivity index (χ2n) is 7.97. The van der Waals surface area contributed by atoms with Crippen molar-refractivity contribution < 1.29 is 9.53 Å². The van der Waals surface area contributed by atoms with Gasteiger partial charge in [0.05, 0.1) is 0 Å². The molecule has 1 aliphatic heterocycles. The lowest BCUT2D eigenvalue weighted by Gasteiger charge is -2.33. The van der Waals surface area contributed by atoms with Crippen molar-refractivity contribution in [3.8, 4) is 0 Å². The second-order valence-corrected chi connectivity index (χ2v) is 8.41. The minimum atomic E-state index is 0.0609. The van der Waals surface area contributed by atoms with Crippen LogP contribution in [-0.4, -0.2) is 48.4 Å². The molecule has 1 fully saturated rings. The molecule has 1 amide bonds. The molecule has 4 rings (SSSR count). The molecule has 2 aromatic carbocycles. The Morgan fingerprint density at radius 1 is 1.00 bits per heavy atom. The highest BCUT2D eigenvalue weighted by atomic mass is 35.5. The van der Waals surface area contributed by atoms with Gasteiger partial charge in [-0.3, -0.25) is 14.8 Å². The molecule has 0 unspecified atom stereocenters. The van der Waals surface area contributed by atoms with E-state index in [1.807, 2.05) is 65.6 Å². The van der Waals surface area contributed by atoms with Gasteiger partial charge < -0.3 is 15.0 Å². The fourth-order valence-electron chi connectivity index (χ4n) is 4.05. The molecule has 0 radical (unpaired) electrons. The Morgan fingerprint density at radius 3 is 2.24 bits per heavy atom. The maximum absolute atomic E-state index is 13.1. The summed E-state index contributed by atoms with van der Waals surface area (Å²) in [7, 11) is 1.64. The number of likely N-dealkylation sites (tertiary alicyclic amines) is 1. The predicted molar refractivity (Wildman–Crippen MR) is 132 cm³/mol. The molecule has 7 heteroatoms.